The summed E-state index contributed by atoms with van der Waals surface area (Å²) in [5.74, 6) is -1.68. The number of halogens is 2. The minimum atomic E-state index is -0.765. The van der Waals surface area contributed by atoms with Gasteiger partial charge in [-0.15, -0.1) is 0 Å². The van der Waals surface area contributed by atoms with Gasteiger partial charge in [-0.2, -0.15) is 0 Å². The molecule has 1 heterocycles. The predicted octanol–water partition coefficient (Wildman–Crippen LogP) is 2.89. The third kappa shape index (κ3) is 2.22. The van der Waals surface area contributed by atoms with Crippen molar-refractivity contribution < 1.29 is 18.4 Å². The Labute approximate surface area is 101 Å². The maximum Gasteiger partial charge on any atom is 0.292 e. The van der Waals surface area contributed by atoms with Crippen LogP contribution in [0.4, 0.5) is 8.78 Å². The summed E-state index contributed by atoms with van der Waals surface area (Å²) >= 11 is 0. The van der Waals surface area contributed by atoms with Crippen molar-refractivity contribution in [3.05, 3.63) is 63.4 Å². The van der Waals surface area contributed by atoms with Gasteiger partial charge in [-0.1, -0.05) is 6.58 Å². The highest BCUT2D eigenvalue weighted by Crippen LogP contribution is 2.31. The summed E-state index contributed by atoms with van der Waals surface area (Å²) in [5.41, 5.74) is -0.0350. The van der Waals surface area contributed by atoms with Crippen LogP contribution in [0.5, 0.6) is 0 Å². The van der Waals surface area contributed by atoms with Crippen LogP contribution in [0.2, 0.25) is 0 Å². The Balaban J connectivity index is 2.58. The molecule has 18 heavy (non-hydrogen) atoms. The van der Waals surface area contributed by atoms with Gasteiger partial charge < -0.3 is 4.74 Å². The van der Waals surface area contributed by atoms with E-state index in [1.54, 1.807) is 0 Å². The summed E-state index contributed by atoms with van der Waals surface area (Å²) in [6, 6.07) is 2.72. The number of hydrogen-bond acceptors (Lipinski definition) is 3. The SMILES string of the molecule is C=C1COC(c2cc(F)ccc2F)=C([N+](=O)[O-])C1. The Kier molecular flexibility index (Phi) is 3.10. The number of ether oxygens (including phenoxy) is 1. The summed E-state index contributed by atoms with van der Waals surface area (Å²) in [6.07, 6.45) is -0.0156. The molecular formula is C12H9F2NO3. The minimum Gasteiger partial charge on any atom is -0.482 e. The van der Waals surface area contributed by atoms with Crippen molar-refractivity contribution in [1.29, 1.82) is 0 Å². The lowest BCUT2D eigenvalue weighted by atomic mass is 10.0. The molecule has 0 aromatic heterocycles. The van der Waals surface area contributed by atoms with E-state index in [1.807, 2.05) is 0 Å². The zero-order chi connectivity index (χ0) is 13.3. The van der Waals surface area contributed by atoms with Crippen LogP contribution < -0.4 is 0 Å². The number of rotatable bonds is 2. The van der Waals surface area contributed by atoms with Crippen molar-refractivity contribution in [1.82, 2.24) is 0 Å². The number of hydrogen-bond donors (Lipinski definition) is 0. The number of nitro groups is 1. The molecule has 6 heteroatoms. The van der Waals surface area contributed by atoms with E-state index >= 15 is 0 Å². The topological polar surface area (TPSA) is 52.4 Å². The van der Waals surface area contributed by atoms with Crippen molar-refractivity contribution in [2.24, 2.45) is 0 Å². The highest BCUT2D eigenvalue weighted by atomic mass is 19.1. The molecule has 94 valence electrons. The molecule has 0 atom stereocenters. The van der Waals surface area contributed by atoms with Crippen molar-refractivity contribution in [2.75, 3.05) is 6.61 Å². The Morgan fingerprint density at radius 3 is 2.78 bits per heavy atom. The van der Waals surface area contributed by atoms with Crippen LogP contribution >= 0.6 is 0 Å². The van der Waals surface area contributed by atoms with Gasteiger partial charge in [0.1, 0.15) is 18.2 Å². The molecule has 4 nitrogen and oxygen atoms in total. The van der Waals surface area contributed by atoms with E-state index in [1.165, 1.54) is 0 Å². The van der Waals surface area contributed by atoms with E-state index in [4.69, 9.17) is 4.74 Å². The molecule has 0 N–H and O–H groups in total. The molecule has 2 rings (SSSR count). The fourth-order valence-corrected chi connectivity index (χ4v) is 1.68. The molecule has 0 unspecified atom stereocenters. The summed E-state index contributed by atoms with van der Waals surface area (Å²) in [6.45, 7) is 3.64. The first kappa shape index (κ1) is 12.2. The van der Waals surface area contributed by atoms with Crippen LogP contribution in [0.15, 0.2) is 36.0 Å². The maximum atomic E-state index is 13.6. The quantitative estimate of drug-likeness (QED) is 0.462. The van der Waals surface area contributed by atoms with Gasteiger partial charge in [0.05, 0.1) is 16.9 Å². The van der Waals surface area contributed by atoms with Crippen molar-refractivity contribution >= 4 is 5.76 Å². The van der Waals surface area contributed by atoms with Gasteiger partial charge >= 0.3 is 0 Å². The summed E-state index contributed by atoms with van der Waals surface area (Å²) in [5, 5.41) is 10.9. The van der Waals surface area contributed by atoms with Crippen LogP contribution in [0.25, 0.3) is 5.76 Å². The molecule has 1 aliphatic rings. The van der Waals surface area contributed by atoms with Crippen LogP contribution in [-0.4, -0.2) is 11.5 Å². The van der Waals surface area contributed by atoms with Gasteiger partial charge in [0, 0.05) is 0 Å². The molecule has 0 amide bonds. The molecule has 0 aliphatic carbocycles. The zero-order valence-corrected chi connectivity index (χ0v) is 9.28. The number of allylic oxidation sites excluding steroid dienone is 1. The van der Waals surface area contributed by atoms with Gasteiger partial charge in [-0.3, -0.25) is 10.1 Å². The van der Waals surface area contributed by atoms with E-state index in [-0.39, 0.29) is 30.0 Å². The van der Waals surface area contributed by atoms with Crippen molar-refractivity contribution in [3.63, 3.8) is 0 Å². The van der Waals surface area contributed by atoms with Crippen molar-refractivity contribution in [2.45, 2.75) is 6.42 Å². The first-order valence-corrected chi connectivity index (χ1v) is 5.11. The standard InChI is InChI=1S/C12H9F2NO3/c1-7-4-11(15(16)17)12(18-6-7)9-5-8(13)2-3-10(9)14/h2-3,5H,1,4,6H2. The average Bonchev–Trinajstić information content (AvgIpc) is 2.32. The van der Waals surface area contributed by atoms with Crippen LogP contribution in [0, 0.1) is 21.7 Å². The van der Waals surface area contributed by atoms with Gasteiger partial charge in [0.15, 0.2) is 0 Å². The predicted molar refractivity (Wildman–Crippen MR) is 60.0 cm³/mol. The van der Waals surface area contributed by atoms with Crippen LogP contribution in [-0.2, 0) is 4.74 Å². The molecular weight excluding hydrogens is 244 g/mol. The van der Waals surface area contributed by atoms with E-state index < -0.39 is 16.6 Å². The molecule has 1 aromatic rings. The summed E-state index contributed by atoms with van der Waals surface area (Å²) < 4.78 is 31.8. The Morgan fingerprint density at radius 1 is 1.39 bits per heavy atom. The summed E-state index contributed by atoms with van der Waals surface area (Å²) in [7, 11) is 0. The second-order valence-corrected chi connectivity index (χ2v) is 3.87. The van der Waals surface area contributed by atoms with Gasteiger partial charge in [0.25, 0.3) is 5.70 Å². The van der Waals surface area contributed by atoms with E-state index in [9.17, 15) is 18.9 Å². The number of benzene rings is 1. The van der Waals surface area contributed by atoms with E-state index in [0.29, 0.717) is 5.57 Å². The molecule has 1 aromatic carbocycles. The largest absolute Gasteiger partial charge is 0.482 e. The fourth-order valence-electron chi connectivity index (χ4n) is 1.68. The minimum absolute atomic E-state index is 0.0156. The fraction of sp³-hybridized carbons (Fsp3) is 0.167. The third-order valence-corrected chi connectivity index (χ3v) is 2.49. The first-order valence-electron chi connectivity index (χ1n) is 5.11. The van der Waals surface area contributed by atoms with Gasteiger partial charge in [-0.25, -0.2) is 8.78 Å². The van der Waals surface area contributed by atoms with Crippen molar-refractivity contribution in [3.8, 4) is 0 Å². The lowest BCUT2D eigenvalue weighted by Crippen LogP contribution is -2.14. The highest BCUT2D eigenvalue weighted by Gasteiger charge is 2.29. The molecule has 0 saturated heterocycles. The monoisotopic (exact) mass is 253 g/mol. The highest BCUT2D eigenvalue weighted by molar-refractivity contribution is 5.63. The van der Waals surface area contributed by atoms with E-state index in [2.05, 4.69) is 6.58 Å². The molecule has 0 saturated carbocycles. The molecule has 1 aliphatic heterocycles. The average molecular weight is 253 g/mol. The second-order valence-electron chi connectivity index (χ2n) is 3.87. The van der Waals surface area contributed by atoms with Crippen LogP contribution in [0.3, 0.4) is 0 Å². The lowest BCUT2D eigenvalue weighted by molar-refractivity contribution is -0.428. The first-order chi connectivity index (χ1) is 8.49. The lowest BCUT2D eigenvalue weighted by Gasteiger charge is -2.18. The molecule has 0 spiro atoms. The Hall–Kier alpha value is -2.24. The summed E-state index contributed by atoms with van der Waals surface area (Å²) in [4.78, 5) is 10.2. The van der Waals surface area contributed by atoms with Gasteiger partial charge in [0.2, 0.25) is 5.76 Å². The van der Waals surface area contributed by atoms with Gasteiger partial charge in [-0.05, 0) is 23.8 Å². The normalized spacial score (nSPS) is 15.6. The third-order valence-electron chi connectivity index (χ3n) is 2.49. The van der Waals surface area contributed by atoms with E-state index in [0.717, 1.165) is 18.2 Å². The zero-order valence-electron chi connectivity index (χ0n) is 9.28. The smallest absolute Gasteiger partial charge is 0.292 e. The maximum absolute atomic E-state index is 13.6. The number of nitrogens with zero attached hydrogens (tertiary/aromatic N) is 1. The molecule has 0 fully saturated rings. The second kappa shape index (κ2) is 4.56. The molecule has 0 radical (unpaired) electrons. The Morgan fingerprint density at radius 2 is 2.11 bits per heavy atom. The Bertz CT molecular complexity index is 566. The van der Waals surface area contributed by atoms with Crippen LogP contribution in [0.1, 0.15) is 12.0 Å². The molecule has 0 bridgehead atoms.